The van der Waals surface area contributed by atoms with E-state index in [1.807, 2.05) is 6.07 Å². The van der Waals surface area contributed by atoms with Crippen molar-refractivity contribution in [3.8, 4) is 0 Å². The fourth-order valence-electron chi connectivity index (χ4n) is 3.37. The van der Waals surface area contributed by atoms with Gasteiger partial charge in [0, 0.05) is 15.9 Å². The Bertz CT molecular complexity index is 780. The summed E-state index contributed by atoms with van der Waals surface area (Å²) in [7, 11) is 1.34. The van der Waals surface area contributed by atoms with Gasteiger partial charge in [0.15, 0.2) is 0 Å². The zero-order chi connectivity index (χ0) is 16.6. The number of aromatic amines is 1. The molecule has 0 saturated heterocycles. The minimum atomic E-state index is -0.436. The minimum absolute atomic E-state index is 0.0643. The van der Waals surface area contributed by atoms with Crippen molar-refractivity contribution in [3.63, 3.8) is 0 Å². The van der Waals surface area contributed by atoms with E-state index in [1.165, 1.54) is 7.11 Å². The number of ether oxygens (including phenoxy) is 2. The smallest absolute Gasteiger partial charge is 0.354 e. The first kappa shape index (κ1) is 15.9. The number of rotatable bonds is 4. The molecule has 1 atom stereocenters. The lowest BCUT2D eigenvalue weighted by atomic mass is 9.81. The van der Waals surface area contributed by atoms with Gasteiger partial charge in [-0.2, -0.15) is 0 Å². The molecule has 0 spiro atoms. The first-order chi connectivity index (χ1) is 11.0. The number of hydrogen-bond acceptors (Lipinski definition) is 4. The number of hydrogen-bond donors (Lipinski definition) is 1. The van der Waals surface area contributed by atoms with Gasteiger partial charge < -0.3 is 14.5 Å². The van der Waals surface area contributed by atoms with Crippen molar-refractivity contribution < 1.29 is 19.1 Å². The van der Waals surface area contributed by atoms with E-state index in [-0.39, 0.29) is 18.3 Å². The van der Waals surface area contributed by atoms with Crippen molar-refractivity contribution in [1.29, 1.82) is 0 Å². The molecule has 0 saturated carbocycles. The summed E-state index contributed by atoms with van der Waals surface area (Å²) in [6.45, 7) is 2.13. The lowest BCUT2D eigenvalue weighted by Gasteiger charge is -2.23. The third kappa shape index (κ3) is 2.81. The van der Waals surface area contributed by atoms with Crippen molar-refractivity contribution in [2.24, 2.45) is 0 Å². The van der Waals surface area contributed by atoms with Crippen LogP contribution in [0.5, 0.6) is 0 Å². The summed E-state index contributed by atoms with van der Waals surface area (Å²) in [5.41, 5.74) is 3.14. The van der Waals surface area contributed by atoms with Crippen LogP contribution in [0.25, 0.3) is 10.9 Å². The summed E-state index contributed by atoms with van der Waals surface area (Å²) in [5.74, 6) is -0.750. The van der Waals surface area contributed by atoms with Gasteiger partial charge in [-0.25, -0.2) is 4.79 Å². The van der Waals surface area contributed by atoms with Gasteiger partial charge in [-0.3, -0.25) is 4.79 Å². The van der Waals surface area contributed by atoms with Gasteiger partial charge in [-0.15, -0.1) is 0 Å². The van der Waals surface area contributed by atoms with Gasteiger partial charge in [0.25, 0.3) is 0 Å². The highest BCUT2D eigenvalue weighted by Gasteiger charge is 2.31. The topological polar surface area (TPSA) is 68.4 Å². The lowest BCUT2D eigenvalue weighted by Crippen LogP contribution is -2.17. The maximum absolute atomic E-state index is 12.1. The largest absolute Gasteiger partial charge is 0.466 e. The van der Waals surface area contributed by atoms with Crippen molar-refractivity contribution in [2.45, 2.75) is 32.1 Å². The molecule has 0 amide bonds. The van der Waals surface area contributed by atoms with Gasteiger partial charge in [-0.1, -0.05) is 11.6 Å². The number of nitrogens with one attached hydrogen (secondary N) is 1. The fourth-order valence-corrected chi connectivity index (χ4v) is 3.62. The first-order valence-corrected chi connectivity index (χ1v) is 8.00. The number of aromatic nitrogens is 1. The Labute approximate surface area is 138 Å². The van der Waals surface area contributed by atoms with Crippen molar-refractivity contribution in [2.75, 3.05) is 13.7 Å². The van der Waals surface area contributed by atoms with Crippen LogP contribution in [0.3, 0.4) is 0 Å². The molecule has 0 fully saturated rings. The monoisotopic (exact) mass is 335 g/mol. The number of esters is 2. The van der Waals surface area contributed by atoms with E-state index in [2.05, 4.69) is 4.98 Å². The SMILES string of the molecule is CCOC(=O)CC1CCc2cc(Cl)cc3[nH]c(C(=O)OC)c1c23. The molecule has 5 nitrogen and oxygen atoms in total. The molecule has 6 heteroatoms. The zero-order valence-electron chi connectivity index (χ0n) is 13.1. The molecule has 1 N–H and O–H groups in total. The molecule has 0 aliphatic heterocycles. The maximum Gasteiger partial charge on any atom is 0.354 e. The van der Waals surface area contributed by atoms with Crippen LogP contribution in [0, 0.1) is 0 Å². The summed E-state index contributed by atoms with van der Waals surface area (Å²) >= 11 is 6.15. The van der Waals surface area contributed by atoms with Crippen LogP contribution in [0.4, 0.5) is 0 Å². The van der Waals surface area contributed by atoms with Crippen LogP contribution >= 0.6 is 11.6 Å². The molecule has 1 aliphatic rings. The average Bonchev–Trinajstić information content (AvgIpc) is 2.90. The summed E-state index contributed by atoms with van der Waals surface area (Å²) in [5, 5.41) is 1.61. The Morgan fingerprint density at radius 3 is 2.87 bits per heavy atom. The van der Waals surface area contributed by atoms with E-state index in [4.69, 9.17) is 21.1 Å². The number of methoxy groups -OCH3 is 1. The first-order valence-electron chi connectivity index (χ1n) is 7.63. The van der Waals surface area contributed by atoms with Gasteiger partial charge in [0.1, 0.15) is 5.69 Å². The second kappa shape index (κ2) is 6.24. The summed E-state index contributed by atoms with van der Waals surface area (Å²) in [6.07, 6.45) is 1.84. The lowest BCUT2D eigenvalue weighted by molar-refractivity contribution is -0.143. The minimum Gasteiger partial charge on any atom is -0.466 e. The molecule has 1 unspecified atom stereocenters. The Morgan fingerprint density at radius 2 is 2.17 bits per heavy atom. The number of aryl methyl sites for hydroxylation is 1. The molecule has 23 heavy (non-hydrogen) atoms. The van der Waals surface area contributed by atoms with Crippen LogP contribution in [0.1, 0.15) is 47.3 Å². The van der Waals surface area contributed by atoms with E-state index < -0.39 is 5.97 Å². The molecule has 2 aromatic rings. The molecule has 0 radical (unpaired) electrons. The summed E-state index contributed by atoms with van der Waals surface area (Å²) in [4.78, 5) is 27.1. The number of carbonyl (C=O) groups is 2. The highest BCUT2D eigenvalue weighted by molar-refractivity contribution is 6.31. The Balaban J connectivity index is 2.13. The zero-order valence-corrected chi connectivity index (χ0v) is 13.8. The number of halogens is 1. The van der Waals surface area contributed by atoms with Crippen molar-refractivity contribution in [1.82, 2.24) is 4.98 Å². The van der Waals surface area contributed by atoms with Crippen LogP contribution in [0.15, 0.2) is 12.1 Å². The van der Waals surface area contributed by atoms with Crippen LogP contribution in [-0.4, -0.2) is 30.6 Å². The number of carbonyl (C=O) groups excluding carboxylic acids is 2. The summed E-state index contributed by atoms with van der Waals surface area (Å²) in [6, 6.07) is 3.71. The second-order valence-electron chi connectivity index (χ2n) is 5.64. The second-order valence-corrected chi connectivity index (χ2v) is 6.07. The molecule has 1 aromatic heterocycles. The van der Waals surface area contributed by atoms with E-state index >= 15 is 0 Å². The molecule has 1 aliphatic carbocycles. The van der Waals surface area contributed by atoms with Gasteiger partial charge >= 0.3 is 11.9 Å². The predicted molar refractivity (Wildman–Crippen MR) is 87.0 cm³/mol. The highest BCUT2D eigenvalue weighted by Crippen LogP contribution is 2.42. The number of benzene rings is 1. The molecule has 122 valence electrons. The Hall–Kier alpha value is -2.01. The van der Waals surface area contributed by atoms with Gasteiger partial charge in [0.05, 0.1) is 20.1 Å². The molecular weight excluding hydrogens is 318 g/mol. The maximum atomic E-state index is 12.1. The van der Waals surface area contributed by atoms with Crippen LogP contribution in [0.2, 0.25) is 5.02 Å². The number of H-pyrrole nitrogens is 1. The summed E-state index contributed by atoms with van der Waals surface area (Å²) < 4.78 is 9.95. The van der Waals surface area contributed by atoms with E-state index in [0.717, 1.165) is 34.9 Å². The van der Waals surface area contributed by atoms with E-state index in [9.17, 15) is 9.59 Å². The fraction of sp³-hybridized carbons (Fsp3) is 0.412. The normalized spacial score (nSPS) is 16.4. The highest BCUT2D eigenvalue weighted by atomic mass is 35.5. The van der Waals surface area contributed by atoms with Gasteiger partial charge in [0.2, 0.25) is 0 Å². The Morgan fingerprint density at radius 1 is 1.39 bits per heavy atom. The standard InChI is InChI=1S/C17H18ClNO4/c1-3-23-13(20)7-10-5-4-9-6-11(18)8-12-14(9)15(10)16(19-12)17(21)22-2/h6,8,10,19H,3-5,7H2,1-2H3. The van der Waals surface area contributed by atoms with Crippen molar-refractivity contribution >= 4 is 34.4 Å². The third-order valence-corrected chi connectivity index (χ3v) is 4.48. The quantitative estimate of drug-likeness (QED) is 0.867. The predicted octanol–water partition coefficient (Wildman–Crippen LogP) is 3.59. The van der Waals surface area contributed by atoms with Crippen LogP contribution < -0.4 is 0 Å². The Kier molecular flexibility index (Phi) is 4.31. The average molecular weight is 336 g/mol. The molecule has 0 bridgehead atoms. The molecular formula is C17H18ClNO4. The molecule has 1 aromatic carbocycles. The van der Waals surface area contributed by atoms with E-state index in [0.29, 0.717) is 17.3 Å². The van der Waals surface area contributed by atoms with Gasteiger partial charge in [-0.05, 0) is 48.9 Å². The van der Waals surface area contributed by atoms with E-state index in [1.54, 1.807) is 13.0 Å². The molecule has 1 heterocycles. The van der Waals surface area contributed by atoms with Crippen molar-refractivity contribution in [3.05, 3.63) is 34.0 Å². The molecule has 3 rings (SSSR count). The van der Waals surface area contributed by atoms with Crippen LogP contribution in [-0.2, 0) is 20.7 Å². The third-order valence-electron chi connectivity index (χ3n) is 4.26.